The second-order valence-corrected chi connectivity index (χ2v) is 6.78. The molecule has 0 saturated carbocycles. The number of halogens is 2. The molecule has 0 aromatic heterocycles. The number of nitrogens with one attached hydrogen (secondary N) is 1. The Morgan fingerprint density at radius 1 is 1.33 bits per heavy atom. The van der Waals surface area contributed by atoms with E-state index in [1.54, 1.807) is 0 Å². The van der Waals surface area contributed by atoms with E-state index >= 15 is 0 Å². The summed E-state index contributed by atoms with van der Waals surface area (Å²) in [6.45, 7) is 7.77. The molecule has 0 bridgehead atoms. The molecule has 18 heavy (non-hydrogen) atoms. The third-order valence-electron chi connectivity index (χ3n) is 3.83. The van der Waals surface area contributed by atoms with Crippen molar-refractivity contribution in [3.63, 3.8) is 0 Å². The normalized spacial score (nSPS) is 22.4. The van der Waals surface area contributed by atoms with Gasteiger partial charge in [-0.25, -0.2) is 0 Å². The van der Waals surface area contributed by atoms with Crippen LogP contribution in [0.15, 0.2) is 12.1 Å². The fourth-order valence-electron chi connectivity index (χ4n) is 2.85. The van der Waals surface area contributed by atoms with E-state index in [9.17, 15) is 0 Å². The SMILES string of the molecule is CCNC1CC(C)(C)CCc2c(Cl)cc(Cl)cc21. The van der Waals surface area contributed by atoms with Crippen LogP contribution in [-0.2, 0) is 6.42 Å². The minimum atomic E-state index is 0.335. The zero-order valence-electron chi connectivity index (χ0n) is 11.3. The number of hydrogen-bond donors (Lipinski definition) is 1. The lowest BCUT2D eigenvalue weighted by molar-refractivity contribution is 0.275. The van der Waals surface area contributed by atoms with Crippen LogP contribution < -0.4 is 5.32 Å². The van der Waals surface area contributed by atoms with Crippen LogP contribution in [0, 0.1) is 5.41 Å². The Kier molecular flexibility index (Phi) is 4.25. The van der Waals surface area contributed by atoms with E-state index in [4.69, 9.17) is 23.2 Å². The molecule has 100 valence electrons. The predicted octanol–water partition coefficient (Wildman–Crippen LogP) is 5.01. The van der Waals surface area contributed by atoms with Crippen molar-refractivity contribution in [1.29, 1.82) is 0 Å². The highest BCUT2D eigenvalue weighted by molar-refractivity contribution is 6.35. The van der Waals surface area contributed by atoms with Gasteiger partial charge < -0.3 is 5.32 Å². The molecule has 3 heteroatoms. The summed E-state index contributed by atoms with van der Waals surface area (Å²) in [7, 11) is 0. The zero-order valence-corrected chi connectivity index (χ0v) is 12.8. The maximum absolute atomic E-state index is 6.37. The molecule has 1 aromatic carbocycles. The van der Waals surface area contributed by atoms with Crippen molar-refractivity contribution in [3.8, 4) is 0 Å². The molecule has 0 radical (unpaired) electrons. The van der Waals surface area contributed by atoms with Gasteiger partial charge in [0, 0.05) is 16.1 Å². The Balaban J connectivity index is 2.47. The molecule has 1 atom stereocenters. The quantitative estimate of drug-likeness (QED) is 0.754. The van der Waals surface area contributed by atoms with Crippen molar-refractivity contribution in [2.75, 3.05) is 6.54 Å². The molecule has 0 spiro atoms. The van der Waals surface area contributed by atoms with E-state index in [1.165, 1.54) is 17.5 Å². The van der Waals surface area contributed by atoms with Gasteiger partial charge in [-0.15, -0.1) is 0 Å². The minimum absolute atomic E-state index is 0.335. The van der Waals surface area contributed by atoms with Crippen LogP contribution in [0.1, 0.15) is 50.8 Å². The molecular weight excluding hydrogens is 265 g/mol. The fraction of sp³-hybridized carbons (Fsp3) is 0.600. The van der Waals surface area contributed by atoms with Crippen LogP contribution in [0.25, 0.3) is 0 Å². The Morgan fingerprint density at radius 3 is 2.72 bits per heavy atom. The van der Waals surface area contributed by atoms with Gasteiger partial charge in [0.1, 0.15) is 0 Å². The Morgan fingerprint density at radius 2 is 2.06 bits per heavy atom. The van der Waals surface area contributed by atoms with Crippen LogP contribution in [0.2, 0.25) is 10.0 Å². The average molecular weight is 286 g/mol. The number of hydrogen-bond acceptors (Lipinski definition) is 1. The van der Waals surface area contributed by atoms with Crippen LogP contribution in [-0.4, -0.2) is 6.54 Å². The lowest BCUT2D eigenvalue weighted by Gasteiger charge is -2.27. The highest BCUT2D eigenvalue weighted by Crippen LogP contribution is 2.42. The molecule has 0 aliphatic heterocycles. The summed E-state index contributed by atoms with van der Waals surface area (Å²) in [4.78, 5) is 0. The van der Waals surface area contributed by atoms with Crippen molar-refractivity contribution in [2.24, 2.45) is 5.41 Å². The van der Waals surface area contributed by atoms with E-state index in [2.05, 4.69) is 32.2 Å². The van der Waals surface area contributed by atoms with Gasteiger partial charge in [-0.2, -0.15) is 0 Å². The maximum Gasteiger partial charge on any atom is 0.0456 e. The van der Waals surface area contributed by atoms with Gasteiger partial charge in [0.05, 0.1) is 0 Å². The first-order valence-corrected chi connectivity index (χ1v) is 7.40. The standard InChI is InChI=1S/C15H21Cl2N/c1-4-18-14-9-15(2,3)6-5-11-12(14)7-10(16)8-13(11)17/h7-8,14,18H,4-6,9H2,1-3H3. The molecule has 1 nitrogen and oxygen atoms in total. The van der Waals surface area contributed by atoms with E-state index in [0.717, 1.165) is 29.4 Å². The third-order valence-corrected chi connectivity index (χ3v) is 4.38. The van der Waals surface area contributed by atoms with Crippen molar-refractivity contribution in [2.45, 2.75) is 46.1 Å². The summed E-state index contributed by atoms with van der Waals surface area (Å²) >= 11 is 12.5. The largest absolute Gasteiger partial charge is 0.310 e. The van der Waals surface area contributed by atoms with Gasteiger partial charge in [-0.1, -0.05) is 44.0 Å². The third kappa shape index (κ3) is 3.01. The summed E-state index contributed by atoms with van der Waals surface area (Å²) < 4.78 is 0. The molecule has 0 fully saturated rings. The predicted molar refractivity (Wildman–Crippen MR) is 79.6 cm³/mol. The first kappa shape index (κ1) is 14.2. The number of fused-ring (bicyclic) bond motifs is 1. The molecule has 0 heterocycles. The van der Waals surface area contributed by atoms with E-state index in [0.29, 0.717) is 11.5 Å². The molecule has 1 aliphatic carbocycles. The van der Waals surface area contributed by atoms with Crippen molar-refractivity contribution in [3.05, 3.63) is 33.3 Å². The molecule has 2 rings (SSSR count). The Labute approximate surface area is 120 Å². The van der Waals surface area contributed by atoms with E-state index in [1.807, 2.05) is 6.07 Å². The van der Waals surface area contributed by atoms with Crippen LogP contribution in [0.4, 0.5) is 0 Å². The number of benzene rings is 1. The molecule has 1 aliphatic rings. The van der Waals surface area contributed by atoms with Crippen molar-refractivity contribution >= 4 is 23.2 Å². The lowest BCUT2D eigenvalue weighted by Crippen LogP contribution is -2.25. The summed E-state index contributed by atoms with van der Waals surface area (Å²) in [5.41, 5.74) is 2.90. The minimum Gasteiger partial charge on any atom is -0.310 e. The second-order valence-electron chi connectivity index (χ2n) is 5.93. The van der Waals surface area contributed by atoms with Crippen LogP contribution in [0.3, 0.4) is 0 Å². The van der Waals surface area contributed by atoms with Gasteiger partial charge in [0.2, 0.25) is 0 Å². The van der Waals surface area contributed by atoms with Crippen LogP contribution in [0.5, 0.6) is 0 Å². The first-order valence-electron chi connectivity index (χ1n) is 6.64. The number of rotatable bonds is 2. The molecule has 0 amide bonds. The first-order chi connectivity index (χ1) is 8.43. The van der Waals surface area contributed by atoms with E-state index < -0.39 is 0 Å². The molecule has 1 N–H and O–H groups in total. The zero-order chi connectivity index (χ0) is 13.3. The molecule has 1 aromatic rings. The van der Waals surface area contributed by atoms with Crippen LogP contribution >= 0.6 is 23.2 Å². The Bertz CT molecular complexity index is 440. The van der Waals surface area contributed by atoms with Gasteiger partial charge in [0.15, 0.2) is 0 Å². The van der Waals surface area contributed by atoms with Crippen molar-refractivity contribution < 1.29 is 0 Å². The second kappa shape index (κ2) is 5.40. The highest BCUT2D eigenvalue weighted by atomic mass is 35.5. The summed E-state index contributed by atoms with van der Waals surface area (Å²) in [6.07, 6.45) is 3.34. The Hall–Kier alpha value is -0.240. The monoisotopic (exact) mass is 285 g/mol. The molecular formula is C15H21Cl2N. The van der Waals surface area contributed by atoms with Gasteiger partial charge in [-0.05, 0) is 54.5 Å². The summed E-state index contributed by atoms with van der Waals surface area (Å²) in [5.74, 6) is 0. The topological polar surface area (TPSA) is 12.0 Å². The van der Waals surface area contributed by atoms with E-state index in [-0.39, 0.29) is 0 Å². The van der Waals surface area contributed by atoms with Gasteiger partial charge >= 0.3 is 0 Å². The maximum atomic E-state index is 6.37. The highest BCUT2D eigenvalue weighted by Gasteiger charge is 2.30. The molecule has 1 unspecified atom stereocenters. The summed E-state index contributed by atoms with van der Waals surface area (Å²) in [5, 5.41) is 5.13. The van der Waals surface area contributed by atoms with Gasteiger partial charge in [-0.3, -0.25) is 0 Å². The fourth-order valence-corrected chi connectivity index (χ4v) is 3.46. The lowest BCUT2D eigenvalue weighted by atomic mass is 9.83. The molecule has 0 saturated heterocycles. The average Bonchev–Trinajstić information content (AvgIpc) is 2.37. The smallest absolute Gasteiger partial charge is 0.0456 e. The van der Waals surface area contributed by atoms with Gasteiger partial charge in [0.25, 0.3) is 0 Å². The van der Waals surface area contributed by atoms with Crippen molar-refractivity contribution in [1.82, 2.24) is 5.32 Å². The summed E-state index contributed by atoms with van der Waals surface area (Å²) in [6, 6.07) is 4.31.